The Hall–Kier alpha value is -2.00. The second-order valence-electron chi connectivity index (χ2n) is 6.64. The molecule has 2 aromatic carbocycles. The van der Waals surface area contributed by atoms with Crippen LogP contribution in [0.4, 0.5) is 0 Å². The second kappa shape index (κ2) is 7.05. The van der Waals surface area contributed by atoms with E-state index in [2.05, 4.69) is 49.5 Å². The molecule has 0 aliphatic carbocycles. The predicted molar refractivity (Wildman–Crippen MR) is 90.3 cm³/mol. The van der Waals surface area contributed by atoms with Crippen LogP contribution in [0.5, 0.6) is 5.75 Å². The first-order valence-electron chi connectivity index (χ1n) is 7.68. The van der Waals surface area contributed by atoms with E-state index in [9.17, 15) is 0 Å². The van der Waals surface area contributed by atoms with Crippen LogP contribution in [-0.2, 0) is 0 Å². The van der Waals surface area contributed by atoms with Crippen LogP contribution in [0, 0.1) is 0 Å². The van der Waals surface area contributed by atoms with Crippen LogP contribution < -0.4 is 22.6 Å². The van der Waals surface area contributed by atoms with Gasteiger partial charge >= 0.3 is 0 Å². The van der Waals surface area contributed by atoms with Gasteiger partial charge in [0, 0.05) is 17.5 Å². The molecule has 0 saturated heterocycles. The van der Waals surface area contributed by atoms with Gasteiger partial charge in [-0.2, -0.15) is 5.10 Å². The molecule has 1 atom stereocenters. The summed E-state index contributed by atoms with van der Waals surface area (Å²) >= 11 is 0. The minimum Gasteiger partial charge on any atom is -1.00 e. The second-order valence-corrected chi connectivity index (χ2v) is 6.64. The van der Waals surface area contributed by atoms with Crippen molar-refractivity contribution in [3.63, 3.8) is 0 Å². The van der Waals surface area contributed by atoms with Crippen molar-refractivity contribution in [1.29, 1.82) is 0 Å². The van der Waals surface area contributed by atoms with Crippen molar-refractivity contribution in [2.75, 3.05) is 0 Å². The number of para-hydroxylation sites is 1. The highest BCUT2D eigenvalue weighted by Crippen LogP contribution is 2.34. The van der Waals surface area contributed by atoms with Gasteiger partial charge in [-0.25, -0.2) is 0 Å². The SMILES string of the molecule is CC(C)(C)NN=C1CC(c2ccccc2)Oc2ccccc21.[Cl-]. The smallest absolute Gasteiger partial charge is 0.129 e. The van der Waals surface area contributed by atoms with Crippen LogP contribution in [0.1, 0.15) is 44.4 Å². The normalized spacial score (nSPS) is 18.6. The van der Waals surface area contributed by atoms with Gasteiger partial charge in [-0.05, 0) is 38.5 Å². The molecule has 1 N–H and O–H groups in total. The lowest BCUT2D eigenvalue weighted by Crippen LogP contribution is -3.00. The lowest BCUT2D eigenvalue weighted by molar-refractivity contribution is -0.00000598. The number of nitrogens with one attached hydrogen (secondary N) is 1. The molecule has 1 aliphatic rings. The summed E-state index contributed by atoms with van der Waals surface area (Å²) in [6.45, 7) is 6.32. The van der Waals surface area contributed by atoms with Crippen molar-refractivity contribution in [2.45, 2.75) is 38.8 Å². The van der Waals surface area contributed by atoms with E-state index >= 15 is 0 Å². The molecule has 0 aromatic heterocycles. The molecule has 0 bridgehead atoms. The number of hydrazone groups is 1. The molecule has 1 aliphatic heterocycles. The van der Waals surface area contributed by atoms with E-state index in [1.165, 1.54) is 5.56 Å². The molecule has 122 valence electrons. The van der Waals surface area contributed by atoms with Crippen molar-refractivity contribution in [3.05, 3.63) is 65.7 Å². The fourth-order valence-electron chi connectivity index (χ4n) is 2.48. The Balaban J connectivity index is 0.00000192. The van der Waals surface area contributed by atoms with Crippen molar-refractivity contribution in [1.82, 2.24) is 5.43 Å². The van der Waals surface area contributed by atoms with Gasteiger partial charge in [0.2, 0.25) is 0 Å². The van der Waals surface area contributed by atoms with Gasteiger partial charge < -0.3 is 22.6 Å². The molecular weight excluding hydrogens is 308 g/mol. The summed E-state index contributed by atoms with van der Waals surface area (Å²) in [5.41, 5.74) is 6.49. The van der Waals surface area contributed by atoms with Gasteiger partial charge in [0.05, 0.1) is 5.71 Å². The fourth-order valence-corrected chi connectivity index (χ4v) is 2.48. The van der Waals surface area contributed by atoms with Crippen LogP contribution >= 0.6 is 0 Å². The summed E-state index contributed by atoms with van der Waals surface area (Å²) in [4.78, 5) is 0. The van der Waals surface area contributed by atoms with Gasteiger partial charge in [-0.3, -0.25) is 0 Å². The monoisotopic (exact) mass is 329 g/mol. The number of fused-ring (bicyclic) bond motifs is 1. The molecule has 4 heteroatoms. The van der Waals surface area contributed by atoms with Gasteiger partial charge in [-0.15, -0.1) is 0 Å². The van der Waals surface area contributed by atoms with Crippen molar-refractivity contribution in [2.24, 2.45) is 5.10 Å². The Labute approximate surface area is 144 Å². The molecule has 3 nitrogen and oxygen atoms in total. The number of rotatable bonds is 2. The van der Waals surface area contributed by atoms with E-state index in [-0.39, 0.29) is 24.0 Å². The molecule has 3 rings (SSSR count). The summed E-state index contributed by atoms with van der Waals surface area (Å²) in [5, 5.41) is 4.66. The maximum atomic E-state index is 6.17. The Morgan fingerprint density at radius 3 is 2.35 bits per heavy atom. The zero-order valence-electron chi connectivity index (χ0n) is 13.7. The first-order valence-corrected chi connectivity index (χ1v) is 7.68. The van der Waals surface area contributed by atoms with Crippen LogP contribution in [0.2, 0.25) is 0 Å². The van der Waals surface area contributed by atoms with Gasteiger partial charge in [0.25, 0.3) is 0 Å². The van der Waals surface area contributed by atoms with Crippen LogP contribution in [0.3, 0.4) is 0 Å². The zero-order valence-corrected chi connectivity index (χ0v) is 14.5. The summed E-state index contributed by atoms with van der Waals surface area (Å²) in [6, 6.07) is 18.4. The lowest BCUT2D eigenvalue weighted by Gasteiger charge is -2.28. The van der Waals surface area contributed by atoms with E-state index in [1.807, 2.05) is 36.4 Å². The Morgan fingerprint density at radius 2 is 1.65 bits per heavy atom. The highest BCUT2D eigenvalue weighted by Gasteiger charge is 2.26. The molecule has 2 aromatic rings. The Kier molecular flexibility index (Phi) is 5.32. The Morgan fingerprint density at radius 1 is 1.00 bits per heavy atom. The number of hydrogen-bond donors (Lipinski definition) is 1. The lowest BCUT2D eigenvalue weighted by atomic mass is 9.95. The average Bonchev–Trinajstić information content (AvgIpc) is 2.52. The number of hydrogen-bond acceptors (Lipinski definition) is 3. The minimum absolute atomic E-state index is 0. The fraction of sp³-hybridized carbons (Fsp3) is 0.316. The van der Waals surface area contributed by atoms with E-state index in [1.54, 1.807) is 0 Å². The number of benzene rings is 2. The maximum absolute atomic E-state index is 6.17. The predicted octanol–water partition coefficient (Wildman–Crippen LogP) is 1.31. The largest absolute Gasteiger partial charge is 1.00 e. The van der Waals surface area contributed by atoms with E-state index < -0.39 is 0 Å². The average molecular weight is 330 g/mol. The molecule has 1 unspecified atom stereocenters. The van der Waals surface area contributed by atoms with Crippen LogP contribution in [0.15, 0.2) is 59.7 Å². The van der Waals surface area contributed by atoms with Crippen molar-refractivity contribution in [3.8, 4) is 5.75 Å². The third-order valence-corrected chi connectivity index (χ3v) is 3.54. The zero-order chi connectivity index (χ0) is 15.6. The number of halogens is 1. The van der Waals surface area contributed by atoms with E-state index in [0.29, 0.717) is 0 Å². The molecule has 0 spiro atoms. The van der Waals surface area contributed by atoms with Gasteiger partial charge in [0.1, 0.15) is 11.9 Å². The third kappa shape index (κ3) is 4.26. The summed E-state index contributed by atoms with van der Waals surface area (Å²) in [5.74, 6) is 0.900. The number of nitrogens with zero attached hydrogens (tertiary/aromatic N) is 1. The maximum Gasteiger partial charge on any atom is 0.129 e. The van der Waals surface area contributed by atoms with E-state index in [4.69, 9.17) is 4.74 Å². The highest BCUT2D eigenvalue weighted by molar-refractivity contribution is 6.04. The first-order chi connectivity index (χ1) is 10.5. The first kappa shape index (κ1) is 17.4. The minimum atomic E-state index is -0.0531. The topological polar surface area (TPSA) is 33.6 Å². The quantitative estimate of drug-likeness (QED) is 0.843. The van der Waals surface area contributed by atoms with Gasteiger partial charge in [0.15, 0.2) is 0 Å². The highest BCUT2D eigenvalue weighted by atomic mass is 35.5. The molecule has 1 heterocycles. The summed E-state index contributed by atoms with van der Waals surface area (Å²) in [7, 11) is 0. The summed E-state index contributed by atoms with van der Waals surface area (Å²) in [6.07, 6.45) is 0.779. The van der Waals surface area contributed by atoms with Crippen molar-refractivity contribution < 1.29 is 17.1 Å². The van der Waals surface area contributed by atoms with Crippen LogP contribution in [0.25, 0.3) is 0 Å². The molecule has 0 radical (unpaired) electrons. The molecule has 23 heavy (non-hydrogen) atoms. The van der Waals surface area contributed by atoms with Crippen LogP contribution in [-0.4, -0.2) is 11.3 Å². The molecule has 0 saturated carbocycles. The molecule has 0 amide bonds. The Bertz CT molecular complexity index is 677. The molecular formula is C19H22ClN2O-. The summed E-state index contributed by atoms with van der Waals surface area (Å²) < 4.78 is 6.17. The molecule has 0 fully saturated rings. The van der Waals surface area contributed by atoms with Crippen molar-refractivity contribution >= 4 is 5.71 Å². The van der Waals surface area contributed by atoms with Gasteiger partial charge in [-0.1, -0.05) is 42.5 Å². The third-order valence-electron chi connectivity index (χ3n) is 3.54. The number of ether oxygens (including phenoxy) is 1. The van der Waals surface area contributed by atoms with E-state index in [0.717, 1.165) is 23.4 Å². The standard InChI is InChI=1S/C19H22N2O.ClH/c1-19(2,3)21-20-16-13-18(14-9-5-4-6-10-14)22-17-12-8-7-11-15(16)17;/h4-12,18,21H,13H2,1-3H3;1H/p-1.